The minimum atomic E-state index is 0.638. The Morgan fingerprint density at radius 1 is 0.500 bits per heavy atom. The Kier molecular flexibility index (Phi) is 8.99. The molecule has 0 atom stereocenters. The molecule has 0 rings (SSSR count). The molecule has 0 aliphatic carbocycles. The van der Waals surface area contributed by atoms with Gasteiger partial charge in [-0.2, -0.15) is 0 Å². The first-order valence-electron chi connectivity index (χ1n) is 8.57. The molecule has 0 radical (unpaired) electrons. The molecule has 0 saturated heterocycles. The molecular formula is C18H38. The monoisotopic (exact) mass is 254 g/mol. The van der Waals surface area contributed by atoms with Crippen molar-refractivity contribution in [2.45, 2.75) is 106 Å². The van der Waals surface area contributed by atoms with Gasteiger partial charge >= 0.3 is 0 Å². The lowest BCUT2D eigenvalue weighted by atomic mass is 9.70. The second-order valence-corrected chi connectivity index (χ2v) is 6.37. The zero-order valence-corrected chi connectivity index (χ0v) is 14.1. The Bertz CT molecular complexity index is 176. The summed E-state index contributed by atoms with van der Waals surface area (Å²) < 4.78 is 0. The van der Waals surface area contributed by atoms with Crippen LogP contribution in [0.4, 0.5) is 0 Å². The van der Waals surface area contributed by atoms with Gasteiger partial charge in [0, 0.05) is 0 Å². The molecule has 0 heteroatoms. The van der Waals surface area contributed by atoms with Gasteiger partial charge < -0.3 is 0 Å². The Balaban J connectivity index is 4.36. The van der Waals surface area contributed by atoms with E-state index < -0.39 is 0 Å². The van der Waals surface area contributed by atoms with E-state index >= 15 is 0 Å². The summed E-state index contributed by atoms with van der Waals surface area (Å²) in [5.74, 6) is 0. The smallest absolute Gasteiger partial charge is 0.0303 e. The summed E-state index contributed by atoms with van der Waals surface area (Å²) >= 11 is 0. The van der Waals surface area contributed by atoms with Crippen LogP contribution in [-0.4, -0.2) is 0 Å². The predicted molar refractivity (Wildman–Crippen MR) is 85.1 cm³/mol. The zero-order valence-electron chi connectivity index (χ0n) is 14.1. The maximum atomic E-state index is 2.39. The second kappa shape index (κ2) is 8.99. The largest absolute Gasteiger partial charge is 0.0654 e. The maximum Gasteiger partial charge on any atom is -0.0303 e. The van der Waals surface area contributed by atoms with Crippen LogP contribution in [0.2, 0.25) is 0 Å². The molecule has 0 nitrogen and oxygen atoms in total. The quantitative estimate of drug-likeness (QED) is 0.373. The molecule has 0 amide bonds. The van der Waals surface area contributed by atoms with Crippen molar-refractivity contribution in [3.63, 3.8) is 0 Å². The van der Waals surface area contributed by atoms with Crippen molar-refractivity contribution in [1.82, 2.24) is 0 Å². The minimum Gasteiger partial charge on any atom is -0.0654 e. The lowest BCUT2D eigenvalue weighted by Gasteiger charge is -2.35. The molecule has 0 N–H and O–H groups in total. The van der Waals surface area contributed by atoms with Gasteiger partial charge in [0.15, 0.2) is 0 Å². The van der Waals surface area contributed by atoms with E-state index in [1.165, 1.54) is 64.2 Å². The SMILES string of the molecule is CCCC(CC)(CC)CCCC(CC)(CC)CC. The van der Waals surface area contributed by atoms with E-state index in [9.17, 15) is 0 Å². The van der Waals surface area contributed by atoms with Crippen LogP contribution in [-0.2, 0) is 0 Å². The van der Waals surface area contributed by atoms with Crippen LogP contribution in [0.3, 0.4) is 0 Å². The van der Waals surface area contributed by atoms with E-state index in [1.807, 2.05) is 0 Å². The van der Waals surface area contributed by atoms with Crippen LogP contribution in [0.5, 0.6) is 0 Å². The third-order valence-electron chi connectivity index (χ3n) is 5.94. The Morgan fingerprint density at radius 3 is 1.22 bits per heavy atom. The molecule has 0 unspecified atom stereocenters. The van der Waals surface area contributed by atoms with Crippen LogP contribution in [0.1, 0.15) is 106 Å². The van der Waals surface area contributed by atoms with Gasteiger partial charge in [0.2, 0.25) is 0 Å². The molecule has 0 aromatic heterocycles. The van der Waals surface area contributed by atoms with Gasteiger partial charge in [-0.3, -0.25) is 0 Å². The highest BCUT2D eigenvalue weighted by atomic mass is 14.3. The van der Waals surface area contributed by atoms with Gasteiger partial charge in [0.05, 0.1) is 0 Å². The van der Waals surface area contributed by atoms with E-state index in [0.29, 0.717) is 10.8 Å². The number of hydrogen-bond donors (Lipinski definition) is 0. The highest BCUT2D eigenvalue weighted by molar-refractivity contribution is 4.80. The Labute approximate surface area is 117 Å². The molecule has 0 bridgehead atoms. The summed E-state index contributed by atoms with van der Waals surface area (Å²) in [6.07, 6.45) is 13.9. The first kappa shape index (κ1) is 18.0. The fourth-order valence-corrected chi connectivity index (χ4v) is 3.73. The van der Waals surface area contributed by atoms with Crippen molar-refractivity contribution in [3.05, 3.63) is 0 Å². The Morgan fingerprint density at radius 2 is 0.889 bits per heavy atom. The molecule has 18 heavy (non-hydrogen) atoms. The van der Waals surface area contributed by atoms with E-state index in [2.05, 4.69) is 41.5 Å². The molecule has 0 saturated carbocycles. The number of hydrogen-bond acceptors (Lipinski definition) is 0. The third-order valence-corrected chi connectivity index (χ3v) is 5.94. The van der Waals surface area contributed by atoms with Crippen LogP contribution in [0.15, 0.2) is 0 Å². The van der Waals surface area contributed by atoms with Crippen LogP contribution < -0.4 is 0 Å². The summed E-state index contributed by atoms with van der Waals surface area (Å²) in [6.45, 7) is 14.3. The molecule has 110 valence electrons. The van der Waals surface area contributed by atoms with E-state index in [4.69, 9.17) is 0 Å². The van der Waals surface area contributed by atoms with Gasteiger partial charge in [-0.05, 0) is 30.1 Å². The van der Waals surface area contributed by atoms with Crippen LogP contribution in [0.25, 0.3) is 0 Å². The zero-order chi connectivity index (χ0) is 14.1. The third kappa shape index (κ3) is 4.94. The average molecular weight is 255 g/mol. The summed E-state index contributed by atoms with van der Waals surface area (Å²) in [4.78, 5) is 0. The van der Waals surface area contributed by atoms with E-state index in [0.717, 1.165) is 0 Å². The lowest BCUT2D eigenvalue weighted by Crippen LogP contribution is -2.22. The molecule has 0 fully saturated rings. The fourth-order valence-electron chi connectivity index (χ4n) is 3.73. The molecule has 0 aliphatic rings. The summed E-state index contributed by atoms with van der Waals surface area (Å²) in [5, 5.41) is 0. The molecule has 0 aromatic rings. The van der Waals surface area contributed by atoms with E-state index in [-0.39, 0.29) is 0 Å². The summed E-state index contributed by atoms with van der Waals surface area (Å²) in [6, 6.07) is 0. The average Bonchev–Trinajstić information content (AvgIpc) is 2.43. The van der Waals surface area contributed by atoms with Gasteiger partial charge in [-0.25, -0.2) is 0 Å². The lowest BCUT2D eigenvalue weighted by molar-refractivity contribution is 0.170. The molecule has 0 spiro atoms. The van der Waals surface area contributed by atoms with Gasteiger partial charge in [0.1, 0.15) is 0 Å². The molecule has 0 heterocycles. The highest BCUT2D eigenvalue weighted by Gasteiger charge is 2.28. The van der Waals surface area contributed by atoms with Crippen molar-refractivity contribution in [2.75, 3.05) is 0 Å². The Hall–Kier alpha value is 0. The van der Waals surface area contributed by atoms with Crippen molar-refractivity contribution in [2.24, 2.45) is 10.8 Å². The van der Waals surface area contributed by atoms with Gasteiger partial charge in [0.25, 0.3) is 0 Å². The van der Waals surface area contributed by atoms with Crippen molar-refractivity contribution in [3.8, 4) is 0 Å². The van der Waals surface area contributed by atoms with Crippen molar-refractivity contribution < 1.29 is 0 Å². The van der Waals surface area contributed by atoms with Crippen molar-refractivity contribution >= 4 is 0 Å². The predicted octanol–water partition coefficient (Wildman–Crippen LogP) is 6.98. The first-order valence-corrected chi connectivity index (χ1v) is 8.57. The standard InChI is InChI=1S/C18H38/c1-7-14-18(11-5,12-6)16-13-15-17(8-2,9-3)10-4/h7-16H2,1-6H3. The fraction of sp³-hybridized carbons (Fsp3) is 1.00. The minimum absolute atomic E-state index is 0.638. The molecule has 0 aliphatic heterocycles. The normalized spacial score (nSPS) is 13.0. The summed E-state index contributed by atoms with van der Waals surface area (Å²) in [7, 11) is 0. The maximum absolute atomic E-state index is 2.39. The van der Waals surface area contributed by atoms with Gasteiger partial charge in [-0.1, -0.05) is 86.5 Å². The van der Waals surface area contributed by atoms with Crippen LogP contribution >= 0.6 is 0 Å². The number of rotatable bonds is 11. The molecule has 0 aromatic carbocycles. The first-order chi connectivity index (χ1) is 8.57. The van der Waals surface area contributed by atoms with E-state index in [1.54, 1.807) is 0 Å². The molecular weight excluding hydrogens is 216 g/mol. The highest BCUT2D eigenvalue weighted by Crippen LogP contribution is 2.41. The summed E-state index contributed by atoms with van der Waals surface area (Å²) in [5.41, 5.74) is 1.29. The second-order valence-electron chi connectivity index (χ2n) is 6.37. The van der Waals surface area contributed by atoms with Crippen molar-refractivity contribution in [1.29, 1.82) is 0 Å². The topological polar surface area (TPSA) is 0 Å². The van der Waals surface area contributed by atoms with Gasteiger partial charge in [-0.15, -0.1) is 0 Å². The van der Waals surface area contributed by atoms with Crippen LogP contribution in [0, 0.1) is 10.8 Å².